The molecule has 3 aromatic rings. The maximum absolute atomic E-state index is 12.6. The summed E-state index contributed by atoms with van der Waals surface area (Å²) in [6.45, 7) is 3.00. The molecule has 1 saturated heterocycles. The third-order valence-corrected chi connectivity index (χ3v) is 6.09. The fourth-order valence-corrected chi connectivity index (χ4v) is 4.38. The molecule has 5 nitrogen and oxygen atoms in total. The Bertz CT molecular complexity index is 993. The van der Waals surface area contributed by atoms with Crippen LogP contribution in [-0.2, 0) is 0 Å². The molecule has 6 heteroatoms. The molecule has 2 atom stereocenters. The van der Waals surface area contributed by atoms with Gasteiger partial charge in [0.05, 0.1) is 4.88 Å². The van der Waals surface area contributed by atoms with Crippen LogP contribution < -0.4 is 5.43 Å². The van der Waals surface area contributed by atoms with Gasteiger partial charge in [-0.3, -0.25) is 4.79 Å². The number of likely N-dealkylation sites (N-methyl/N-ethyl adjacent to an activating group) is 1. The zero-order valence-electron chi connectivity index (χ0n) is 14.0. The molecule has 3 heterocycles. The van der Waals surface area contributed by atoms with Crippen LogP contribution in [0.1, 0.15) is 24.8 Å². The van der Waals surface area contributed by atoms with Gasteiger partial charge in [0, 0.05) is 29.7 Å². The van der Waals surface area contributed by atoms with Crippen molar-refractivity contribution in [1.82, 2.24) is 4.90 Å². The van der Waals surface area contributed by atoms with Gasteiger partial charge in [0.25, 0.3) is 0 Å². The number of phenolic OH excluding ortho intramolecular Hbond substituents is 2. The fraction of sp³-hybridized carbons (Fsp3) is 0.316. The van der Waals surface area contributed by atoms with Gasteiger partial charge in [0.2, 0.25) is 0 Å². The van der Waals surface area contributed by atoms with E-state index in [4.69, 9.17) is 4.42 Å². The van der Waals surface area contributed by atoms with Gasteiger partial charge in [0.1, 0.15) is 28.2 Å². The van der Waals surface area contributed by atoms with E-state index in [0.717, 1.165) is 17.8 Å². The third-order valence-electron chi connectivity index (χ3n) is 5.20. The normalized spacial score (nSPS) is 21.2. The molecule has 2 unspecified atom stereocenters. The number of fused-ring (bicyclic) bond motifs is 1. The average Bonchev–Trinajstić information content (AvgIpc) is 3.19. The summed E-state index contributed by atoms with van der Waals surface area (Å²) < 4.78 is 6.05. The van der Waals surface area contributed by atoms with Gasteiger partial charge in [-0.2, -0.15) is 0 Å². The summed E-state index contributed by atoms with van der Waals surface area (Å²) in [5.41, 5.74) is 0.600. The molecule has 25 heavy (non-hydrogen) atoms. The Hall–Kier alpha value is -2.31. The zero-order chi connectivity index (χ0) is 17.7. The molecule has 0 amide bonds. The number of hydrogen-bond donors (Lipinski definition) is 2. The van der Waals surface area contributed by atoms with Crippen LogP contribution >= 0.6 is 11.3 Å². The van der Waals surface area contributed by atoms with Crippen LogP contribution in [-0.4, -0.2) is 34.7 Å². The highest BCUT2D eigenvalue weighted by Crippen LogP contribution is 2.44. The lowest BCUT2D eigenvalue weighted by atomic mass is 9.90. The first-order chi connectivity index (χ1) is 12.0. The highest BCUT2D eigenvalue weighted by molar-refractivity contribution is 7.13. The summed E-state index contributed by atoms with van der Waals surface area (Å²) in [6, 6.07) is 6.63. The van der Waals surface area contributed by atoms with Crippen LogP contribution in [0.25, 0.3) is 21.6 Å². The van der Waals surface area contributed by atoms with Crippen LogP contribution in [0.5, 0.6) is 11.5 Å². The van der Waals surface area contributed by atoms with Crippen molar-refractivity contribution >= 4 is 22.3 Å². The molecular weight excluding hydrogens is 338 g/mol. The maximum Gasteiger partial charge on any atom is 0.197 e. The Morgan fingerprint density at radius 1 is 1.28 bits per heavy atom. The Balaban J connectivity index is 2.03. The monoisotopic (exact) mass is 357 g/mol. The van der Waals surface area contributed by atoms with E-state index in [2.05, 4.69) is 11.8 Å². The summed E-state index contributed by atoms with van der Waals surface area (Å²) >= 11 is 1.47. The molecule has 1 aliphatic rings. The SMILES string of the molecule is CC1C(c2c(O)cc(O)c3c(=O)cc(-c4cccs4)oc23)CCN1C. The number of likely N-dealkylation sites (tertiary alicyclic amines) is 1. The molecule has 2 N–H and O–H groups in total. The van der Waals surface area contributed by atoms with Crippen molar-refractivity contribution in [3.63, 3.8) is 0 Å². The van der Waals surface area contributed by atoms with Gasteiger partial charge in [-0.1, -0.05) is 6.07 Å². The molecule has 0 radical (unpaired) electrons. The van der Waals surface area contributed by atoms with Crippen LogP contribution in [0.3, 0.4) is 0 Å². The number of benzene rings is 1. The molecule has 0 spiro atoms. The molecule has 1 fully saturated rings. The number of nitrogens with zero attached hydrogens (tertiary/aromatic N) is 1. The van der Waals surface area contributed by atoms with Crippen molar-refractivity contribution in [3.05, 3.63) is 45.4 Å². The number of thiophene rings is 1. The Kier molecular flexibility index (Phi) is 3.81. The van der Waals surface area contributed by atoms with Crippen molar-refractivity contribution in [2.24, 2.45) is 0 Å². The van der Waals surface area contributed by atoms with E-state index in [1.807, 2.05) is 24.6 Å². The maximum atomic E-state index is 12.6. The minimum absolute atomic E-state index is 0.0244. The highest BCUT2D eigenvalue weighted by atomic mass is 32.1. The smallest absolute Gasteiger partial charge is 0.197 e. The minimum Gasteiger partial charge on any atom is -0.507 e. The number of hydrogen-bond acceptors (Lipinski definition) is 6. The topological polar surface area (TPSA) is 73.9 Å². The quantitative estimate of drug-likeness (QED) is 0.731. The molecule has 2 aromatic heterocycles. The second-order valence-electron chi connectivity index (χ2n) is 6.60. The van der Waals surface area contributed by atoms with E-state index in [1.165, 1.54) is 23.5 Å². The Labute approximate surface area is 148 Å². The van der Waals surface area contributed by atoms with Crippen molar-refractivity contribution in [2.45, 2.75) is 25.3 Å². The molecule has 0 bridgehead atoms. The van der Waals surface area contributed by atoms with E-state index in [-0.39, 0.29) is 34.3 Å². The first-order valence-electron chi connectivity index (χ1n) is 8.24. The lowest BCUT2D eigenvalue weighted by Gasteiger charge is -2.22. The molecule has 1 aromatic carbocycles. The van der Waals surface area contributed by atoms with E-state index in [0.29, 0.717) is 16.9 Å². The van der Waals surface area contributed by atoms with Crippen LogP contribution in [0.4, 0.5) is 0 Å². The summed E-state index contributed by atoms with van der Waals surface area (Å²) in [5.74, 6) is 0.220. The predicted octanol–water partition coefficient (Wildman–Crippen LogP) is 3.74. The number of rotatable bonds is 2. The van der Waals surface area contributed by atoms with Gasteiger partial charge in [-0.25, -0.2) is 0 Å². The molecule has 1 aliphatic heterocycles. The second-order valence-corrected chi connectivity index (χ2v) is 7.55. The van der Waals surface area contributed by atoms with E-state index >= 15 is 0 Å². The third kappa shape index (κ3) is 2.53. The van der Waals surface area contributed by atoms with Crippen molar-refractivity contribution in [2.75, 3.05) is 13.6 Å². The Morgan fingerprint density at radius 2 is 2.08 bits per heavy atom. The largest absolute Gasteiger partial charge is 0.507 e. The van der Waals surface area contributed by atoms with E-state index < -0.39 is 0 Å². The lowest BCUT2D eigenvalue weighted by molar-refractivity contribution is 0.315. The molecular formula is C19H19NO4S. The molecule has 0 saturated carbocycles. The van der Waals surface area contributed by atoms with Crippen LogP contribution in [0.2, 0.25) is 0 Å². The van der Waals surface area contributed by atoms with Gasteiger partial charge in [-0.05, 0) is 38.4 Å². The van der Waals surface area contributed by atoms with Crippen molar-refractivity contribution in [3.8, 4) is 22.1 Å². The highest BCUT2D eigenvalue weighted by Gasteiger charge is 2.34. The Morgan fingerprint density at radius 3 is 2.72 bits per heavy atom. The zero-order valence-corrected chi connectivity index (χ0v) is 14.8. The van der Waals surface area contributed by atoms with Crippen molar-refractivity contribution < 1.29 is 14.6 Å². The van der Waals surface area contributed by atoms with Crippen LogP contribution in [0.15, 0.2) is 38.9 Å². The first kappa shape index (κ1) is 16.2. The summed E-state index contributed by atoms with van der Waals surface area (Å²) in [5, 5.41) is 22.8. The predicted molar refractivity (Wildman–Crippen MR) is 98.6 cm³/mol. The standard InChI is InChI=1S/C19H19NO4S/c1-10-11(5-6-20(10)2)17-12(21)8-13(22)18-14(23)9-15(24-19(17)18)16-4-3-7-25-16/h3-4,7-11,21-22H,5-6H2,1-2H3. The molecule has 4 rings (SSSR count). The number of phenols is 2. The van der Waals surface area contributed by atoms with Crippen LogP contribution in [0, 0.1) is 0 Å². The average molecular weight is 357 g/mol. The summed E-state index contributed by atoms with van der Waals surface area (Å²) in [7, 11) is 2.04. The van der Waals surface area contributed by atoms with Crippen molar-refractivity contribution in [1.29, 1.82) is 0 Å². The van der Waals surface area contributed by atoms with Gasteiger partial charge in [0.15, 0.2) is 5.43 Å². The summed E-state index contributed by atoms with van der Waals surface area (Å²) in [4.78, 5) is 15.7. The van der Waals surface area contributed by atoms with Gasteiger partial charge < -0.3 is 19.5 Å². The summed E-state index contributed by atoms with van der Waals surface area (Å²) in [6.07, 6.45) is 0.859. The van der Waals surface area contributed by atoms with Gasteiger partial charge in [-0.15, -0.1) is 11.3 Å². The minimum atomic E-state index is -0.303. The second kappa shape index (κ2) is 5.89. The number of aromatic hydroxyl groups is 2. The molecule has 130 valence electrons. The molecule has 0 aliphatic carbocycles. The van der Waals surface area contributed by atoms with E-state index in [9.17, 15) is 15.0 Å². The van der Waals surface area contributed by atoms with E-state index in [1.54, 1.807) is 0 Å². The first-order valence-corrected chi connectivity index (χ1v) is 9.12. The van der Waals surface area contributed by atoms with Gasteiger partial charge >= 0.3 is 0 Å². The fourth-order valence-electron chi connectivity index (χ4n) is 3.70. The lowest BCUT2D eigenvalue weighted by Crippen LogP contribution is -2.25.